The molecule has 0 aromatic rings. The molecule has 3 nitrogen and oxygen atoms in total. The Hall–Kier alpha value is -0.830. The molecule has 2 N–H and O–H groups in total. The molecule has 12 heavy (non-hydrogen) atoms. The highest BCUT2D eigenvalue weighted by molar-refractivity contribution is 5.81. The number of unbranched alkanes of at least 4 members (excludes halogenated alkanes) is 1. The Bertz CT molecular complexity index is 145. The summed E-state index contributed by atoms with van der Waals surface area (Å²) in [5, 5.41) is 0. The van der Waals surface area contributed by atoms with Crippen LogP contribution in [0.25, 0.3) is 0 Å². The number of esters is 1. The fraction of sp³-hybridized carbons (Fsp3) is 0.667. The van der Waals surface area contributed by atoms with Crippen molar-refractivity contribution in [3.63, 3.8) is 0 Å². The Labute approximate surface area is 73.6 Å². The van der Waals surface area contributed by atoms with E-state index in [1.54, 1.807) is 0 Å². The highest BCUT2D eigenvalue weighted by Crippen LogP contribution is 2.03. The van der Waals surface area contributed by atoms with Crippen molar-refractivity contribution >= 4 is 5.97 Å². The van der Waals surface area contributed by atoms with Crippen molar-refractivity contribution in [2.75, 3.05) is 6.54 Å². The molecule has 0 amide bonds. The second-order valence-corrected chi connectivity index (χ2v) is 2.74. The Morgan fingerprint density at radius 3 is 2.83 bits per heavy atom. The number of hydrogen-bond donors (Lipinski definition) is 1. The number of ether oxygens (including phenoxy) is 1. The Kier molecular flexibility index (Phi) is 6.38. The topological polar surface area (TPSA) is 52.3 Å². The van der Waals surface area contributed by atoms with Crippen LogP contribution in [0.3, 0.4) is 0 Å². The van der Waals surface area contributed by atoms with Crippen molar-refractivity contribution in [2.24, 2.45) is 5.73 Å². The highest BCUT2D eigenvalue weighted by atomic mass is 16.5. The molecule has 0 aliphatic rings. The summed E-state index contributed by atoms with van der Waals surface area (Å²) in [5.41, 5.74) is 5.32. The van der Waals surface area contributed by atoms with Crippen molar-refractivity contribution in [2.45, 2.75) is 32.3 Å². The van der Waals surface area contributed by atoms with Gasteiger partial charge in [-0.25, -0.2) is 4.79 Å². The molecule has 0 saturated heterocycles. The number of carbonyl (C=O) groups is 1. The molecule has 3 heteroatoms. The summed E-state index contributed by atoms with van der Waals surface area (Å²) in [5.74, 6) is -0.352. The molecule has 70 valence electrons. The van der Waals surface area contributed by atoms with Crippen LogP contribution in [0.2, 0.25) is 0 Å². The van der Waals surface area contributed by atoms with Gasteiger partial charge in [-0.15, -0.1) is 0 Å². The van der Waals surface area contributed by atoms with Gasteiger partial charge in [-0.3, -0.25) is 0 Å². The molecule has 1 atom stereocenters. The Balaban J connectivity index is 3.38. The average Bonchev–Trinajstić information content (AvgIpc) is 2.05. The van der Waals surface area contributed by atoms with E-state index >= 15 is 0 Å². The summed E-state index contributed by atoms with van der Waals surface area (Å²) in [6.07, 6.45) is 4.01. The molecule has 0 saturated carbocycles. The van der Waals surface area contributed by atoms with E-state index in [9.17, 15) is 4.79 Å². The van der Waals surface area contributed by atoms with E-state index in [-0.39, 0.29) is 12.1 Å². The number of carbonyl (C=O) groups excluding carboxylic acids is 1. The maximum absolute atomic E-state index is 10.7. The fourth-order valence-electron chi connectivity index (χ4n) is 0.881. The molecule has 0 radical (unpaired) electrons. The third-order valence-electron chi connectivity index (χ3n) is 1.55. The van der Waals surface area contributed by atoms with Crippen LogP contribution in [-0.2, 0) is 9.53 Å². The van der Waals surface area contributed by atoms with Gasteiger partial charge in [0.25, 0.3) is 0 Å². The first-order valence-electron chi connectivity index (χ1n) is 4.23. The second-order valence-electron chi connectivity index (χ2n) is 2.74. The number of hydrogen-bond acceptors (Lipinski definition) is 3. The molecular formula is C9H17NO2. The third kappa shape index (κ3) is 5.92. The van der Waals surface area contributed by atoms with Crippen molar-refractivity contribution < 1.29 is 9.53 Å². The van der Waals surface area contributed by atoms with E-state index < -0.39 is 0 Å². The Morgan fingerprint density at radius 2 is 2.33 bits per heavy atom. The van der Waals surface area contributed by atoms with Gasteiger partial charge in [-0.05, 0) is 32.7 Å². The third-order valence-corrected chi connectivity index (χ3v) is 1.55. The van der Waals surface area contributed by atoms with Gasteiger partial charge >= 0.3 is 5.97 Å². The smallest absolute Gasteiger partial charge is 0.330 e. The summed E-state index contributed by atoms with van der Waals surface area (Å²) in [4.78, 5) is 10.7. The zero-order chi connectivity index (χ0) is 9.40. The van der Waals surface area contributed by atoms with Gasteiger partial charge in [0.15, 0.2) is 0 Å². The molecule has 1 unspecified atom stereocenters. The van der Waals surface area contributed by atoms with Crippen LogP contribution in [0.4, 0.5) is 0 Å². The van der Waals surface area contributed by atoms with Crippen LogP contribution in [0.1, 0.15) is 26.2 Å². The minimum Gasteiger partial charge on any atom is -0.460 e. The van der Waals surface area contributed by atoms with Crippen LogP contribution in [0.15, 0.2) is 12.7 Å². The molecule has 0 heterocycles. The van der Waals surface area contributed by atoms with Crippen LogP contribution in [0.5, 0.6) is 0 Å². The van der Waals surface area contributed by atoms with E-state index in [4.69, 9.17) is 10.5 Å². The largest absolute Gasteiger partial charge is 0.460 e. The Morgan fingerprint density at radius 1 is 1.67 bits per heavy atom. The standard InChI is InChI=1S/C9H17NO2/c1-3-9(11)12-8(2)6-4-5-7-10/h3,8H,1,4-7,10H2,2H3. The van der Waals surface area contributed by atoms with Gasteiger partial charge in [0, 0.05) is 6.08 Å². The molecule has 0 fully saturated rings. The van der Waals surface area contributed by atoms with Gasteiger partial charge in [-0.2, -0.15) is 0 Å². The van der Waals surface area contributed by atoms with Crippen molar-refractivity contribution in [3.05, 3.63) is 12.7 Å². The molecular weight excluding hydrogens is 154 g/mol. The molecule has 0 aromatic carbocycles. The SMILES string of the molecule is C=CC(=O)OC(C)CCCCN. The first-order chi connectivity index (χ1) is 5.70. The zero-order valence-electron chi connectivity index (χ0n) is 7.58. The lowest BCUT2D eigenvalue weighted by Crippen LogP contribution is -2.13. The number of rotatable bonds is 6. The zero-order valence-corrected chi connectivity index (χ0v) is 7.58. The predicted molar refractivity (Wildman–Crippen MR) is 48.7 cm³/mol. The average molecular weight is 171 g/mol. The first kappa shape index (κ1) is 11.2. The number of nitrogens with two attached hydrogens (primary N) is 1. The summed E-state index contributed by atoms with van der Waals surface area (Å²) >= 11 is 0. The lowest BCUT2D eigenvalue weighted by molar-refractivity contribution is -0.142. The van der Waals surface area contributed by atoms with E-state index in [2.05, 4.69) is 6.58 Å². The predicted octanol–water partition coefficient (Wildman–Crippen LogP) is 1.23. The molecule has 0 aliphatic heterocycles. The summed E-state index contributed by atoms with van der Waals surface area (Å²) in [6, 6.07) is 0. The highest BCUT2D eigenvalue weighted by Gasteiger charge is 2.04. The van der Waals surface area contributed by atoms with Crippen molar-refractivity contribution in [1.29, 1.82) is 0 Å². The molecule has 0 bridgehead atoms. The summed E-state index contributed by atoms with van der Waals surface area (Å²) < 4.78 is 4.95. The molecule has 0 aliphatic carbocycles. The molecule has 0 spiro atoms. The van der Waals surface area contributed by atoms with Crippen LogP contribution in [-0.4, -0.2) is 18.6 Å². The van der Waals surface area contributed by atoms with Gasteiger partial charge in [0.05, 0.1) is 6.10 Å². The quantitative estimate of drug-likeness (QED) is 0.371. The monoisotopic (exact) mass is 171 g/mol. The van der Waals surface area contributed by atoms with E-state index in [1.807, 2.05) is 6.92 Å². The van der Waals surface area contributed by atoms with Crippen LogP contribution < -0.4 is 5.73 Å². The minimum absolute atomic E-state index is 0.0259. The second kappa shape index (κ2) is 6.85. The van der Waals surface area contributed by atoms with Gasteiger partial charge in [-0.1, -0.05) is 6.58 Å². The van der Waals surface area contributed by atoms with Crippen molar-refractivity contribution in [3.8, 4) is 0 Å². The lowest BCUT2D eigenvalue weighted by atomic mass is 10.2. The van der Waals surface area contributed by atoms with Crippen molar-refractivity contribution in [1.82, 2.24) is 0 Å². The van der Waals surface area contributed by atoms with Gasteiger partial charge in [0.2, 0.25) is 0 Å². The normalized spacial score (nSPS) is 12.2. The van der Waals surface area contributed by atoms with E-state index in [1.165, 1.54) is 6.08 Å². The summed E-state index contributed by atoms with van der Waals surface area (Å²) in [7, 11) is 0. The van der Waals surface area contributed by atoms with Gasteiger partial charge in [0.1, 0.15) is 0 Å². The van der Waals surface area contributed by atoms with Crippen LogP contribution >= 0.6 is 0 Å². The maximum atomic E-state index is 10.7. The lowest BCUT2D eigenvalue weighted by Gasteiger charge is -2.10. The fourth-order valence-corrected chi connectivity index (χ4v) is 0.881. The van der Waals surface area contributed by atoms with Crippen LogP contribution in [0, 0.1) is 0 Å². The minimum atomic E-state index is -0.352. The summed E-state index contributed by atoms with van der Waals surface area (Å²) in [6.45, 7) is 5.89. The molecule has 0 aromatic heterocycles. The van der Waals surface area contributed by atoms with Gasteiger partial charge < -0.3 is 10.5 Å². The van der Waals surface area contributed by atoms with E-state index in [0.717, 1.165) is 19.3 Å². The van der Waals surface area contributed by atoms with E-state index in [0.29, 0.717) is 6.54 Å². The molecule has 0 rings (SSSR count). The first-order valence-corrected chi connectivity index (χ1v) is 4.23. The maximum Gasteiger partial charge on any atom is 0.330 e.